The maximum Gasteiger partial charge on any atom is 0.429 e. The van der Waals surface area contributed by atoms with E-state index in [9.17, 15) is 9.59 Å². The van der Waals surface area contributed by atoms with Crippen molar-refractivity contribution in [1.82, 2.24) is 10.4 Å². The van der Waals surface area contributed by atoms with Crippen LogP contribution >= 0.6 is 0 Å². The number of nitrogens with one attached hydrogen (secondary N) is 1. The minimum Gasteiger partial charge on any atom is -0.443 e. The van der Waals surface area contributed by atoms with Crippen molar-refractivity contribution < 1.29 is 19.1 Å². The zero-order valence-corrected chi connectivity index (χ0v) is 15.3. The van der Waals surface area contributed by atoms with E-state index in [0.29, 0.717) is 0 Å². The van der Waals surface area contributed by atoms with E-state index in [1.54, 1.807) is 20.8 Å². The molecule has 0 heterocycles. The van der Waals surface area contributed by atoms with Crippen LogP contribution in [0.25, 0.3) is 0 Å². The van der Waals surface area contributed by atoms with Crippen molar-refractivity contribution in [2.75, 3.05) is 0 Å². The van der Waals surface area contributed by atoms with Crippen LogP contribution in [0, 0.1) is 0 Å². The first-order valence-electron chi connectivity index (χ1n) is 8.34. The van der Waals surface area contributed by atoms with Crippen LogP contribution in [0.3, 0.4) is 0 Å². The lowest BCUT2D eigenvalue weighted by molar-refractivity contribution is 0.0277. The number of ether oxygens (including phenoxy) is 2. The van der Waals surface area contributed by atoms with Crippen LogP contribution in [0.1, 0.15) is 31.9 Å². The number of nitrogens with zero attached hydrogens (tertiary/aromatic N) is 1. The molecule has 0 aliphatic rings. The van der Waals surface area contributed by atoms with Gasteiger partial charge in [0.15, 0.2) is 0 Å². The molecule has 0 aliphatic carbocycles. The monoisotopic (exact) mass is 356 g/mol. The van der Waals surface area contributed by atoms with Gasteiger partial charge in [0.1, 0.15) is 13.2 Å². The van der Waals surface area contributed by atoms with Gasteiger partial charge in [-0.25, -0.2) is 20.0 Å². The van der Waals surface area contributed by atoms with Gasteiger partial charge in [0, 0.05) is 0 Å². The second-order valence-corrected chi connectivity index (χ2v) is 6.72. The Morgan fingerprint density at radius 3 is 1.77 bits per heavy atom. The lowest BCUT2D eigenvalue weighted by Crippen LogP contribution is -2.56. The quantitative estimate of drug-likeness (QED) is 0.831. The van der Waals surface area contributed by atoms with Crippen LogP contribution in [0.2, 0.25) is 0 Å². The first-order chi connectivity index (χ1) is 12.4. The molecule has 2 rings (SSSR count). The first-order valence-corrected chi connectivity index (χ1v) is 8.34. The predicted molar refractivity (Wildman–Crippen MR) is 98.0 cm³/mol. The molecule has 0 aromatic heterocycles. The summed E-state index contributed by atoms with van der Waals surface area (Å²) in [4.78, 5) is 24.5. The molecular weight excluding hydrogens is 332 g/mol. The molecule has 0 fully saturated rings. The predicted octanol–water partition coefficient (Wildman–Crippen LogP) is 4.27. The highest BCUT2D eigenvalue weighted by Gasteiger charge is 2.30. The van der Waals surface area contributed by atoms with E-state index < -0.39 is 17.7 Å². The summed E-state index contributed by atoms with van der Waals surface area (Å²) < 4.78 is 10.5. The molecule has 2 amide bonds. The van der Waals surface area contributed by atoms with Crippen LogP contribution in [0.15, 0.2) is 60.7 Å². The van der Waals surface area contributed by atoms with Gasteiger partial charge in [-0.15, -0.1) is 0 Å². The molecule has 2 aromatic carbocycles. The molecule has 0 atom stereocenters. The number of hydrazine groups is 1. The van der Waals surface area contributed by atoms with Crippen molar-refractivity contribution in [3.8, 4) is 0 Å². The molecular formula is C20H24N2O4. The van der Waals surface area contributed by atoms with Crippen LogP contribution in [0.4, 0.5) is 9.59 Å². The Kier molecular flexibility index (Phi) is 6.60. The van der Waals surface area contributed by atoms with Gasteiger partial charge in [0.2, 0.25) is 0 Å². The number of carbonyl (C=O) groups excluding carboxylic acids is 2. The Morgan fingerprint density at radius 1 is 0.846 bits per heavy atom. The number of hydrogen-bond acceptors (Lipinski definition) is 4. The highest BCUT2D eigenvalue weighted by atomic mass is 16.6. The molecule has 0 aliphatic heterocycles. The Labute approximate surface area is 153 Å². The average molecular weight is 356 g/mol. The normalized spacial score (nSPS) is 10.7. The van der Waals surface area contributed by atoms with Crippen molar-refractivity contribution in [3.05, 3.63) is 71.8 Å². The van der Waals surface area contributed by atoms with Gasteiger partial charge in [0.25, 0.3) is 0 Å². The molecule has 0 saturated carbocycles. The molecule has 0 radical (unpaired) electrons. The van der Waals surface area contributed by atoms with Crippen molar-refractivity contribution in [3.63, 3.8) is 0 Å². The molecule has 0 unspecified atom stereocenters. The van der Waals surface area contributed by atoms with E-state index >= 15 is 0 Å². The largest absolute Gasteiger partial charge is 0.443 e. The van der Waals surface area contributed by atoms with Gasteiger partial charge in [-0.05, 0) is 31.9 Å². The molecule has 2 aromatic rings. The van der Waals surface area contributed by atoms with Gasteiger partial charge in [-0.3, -0.25) is 0 Å². The number of rotatable bonds is 4. The van der Waals surface area contributed by atoms with Crippen molar-refractivity contribution in [1.29, 1.82) is 0 Å². The number of amides is 2. The number of carbonyl (C=O) groups is 2. The molecule has 0 bridgehead atoms. The summed E-state index contributed by atoms with van der Waals surface area (Å²) in [6.45, 7) is 5.59. The number of hydrogen-bond donors (Lipinski definition) is 1. The van der Waals surface area contributed by atoms with Crippen LogP contribution in [-0.4, -0.2) is 22.7 Å². The lowest BCUT2D eigenvalue weighted by atomic mass is 10.1. The van der Waals surface area contributed by atoms with Crippen molar-refractivity contribution in [2.24, 2.45) is 0 Å². The van der Waals surface area contributed by atoms with Crippen LogP contribution in [-0.2, 0) is 22.7 Å². The molecule has 0 saturated heterocycles. The third-order valence-electron chi connectivity index (χ3n) is 3.47. The van der Waals surface area contributed by atoms with E-state index in [-0.39, 0.29) is 13.2 Å². The molecule has 0 spiro atoms. The van der Waals surface area contributed by atoms with Gasteiger partial charge in [-0.2, -0.15) is 0 Å². The SMILES string of the molecule is CC(C)(C)N(NC(=O)OCc1ccccc1)C(=O)OCc1ccccc1. The van der Waals surface area contributed by atoms with Gasteiger partial charge < -0.3 is 9.47 Å². The fourth-order valence-electron chi connectivity index (χ4n) is 2.12. The summed E-state index contributed by atoms with van der Waals surface area (Å²) in [6, 6.07) is 18.6. The Balaban J connectivity index is 1.91. The summed E-state index contributed by atoms with van der Waals surface area (Å²) in [7, 11) is 0. The van der Waals surface area contributed by atoms with E-state index in [4.69, 9.17) is 9.47 Å². The summed E-state index contributed by atoms with van der Waals surface area (Å²) >= 11 is 0. The van der Waals surface area contributed by atoms with Crippen molar-refractivity contribution >= 4 is 12.2 Å². The van der Waals surface area contributed by atoms with E-state index in [1.165, 1.54) is 0 Å². The maximum atomic E-state index is 12.4. The van der Waals surface area contributed by atoms with Gasteiger partial charge in [-0.1, -0.05) is 60.7 Å². The van der Waals surface area contributed by atoms with E-state index in [0.717, 1.165) is 16.1 Å². The average Bonchev–Trinajstić information content (AvgIpc) is 2.63. The maximum absolute atomic E-state index is 12.4. The highest BCUT2D eigenvalue weighted by molar-refractivity contribution is 5.74. The topological polar surface area (TPSA) is 67.9 Å². The highest BCUT2D eigenvalue weighted by Crippen LogP contribution is 2.13. The zero-order valence-electron chi connectivity index (χ0n) is 15.3. The first kappa shape index (κ1) is 19.3. The Morgan fingerprint density at radius 2 is 1.31 bits per heavy atom. The van der Waals surface area contributed by atoms with Gasteiger partial charge in [0.05, 0.1) is 5.54 Å². The van der Waals surface area contributed by atoms with Crippen molar-refractivity contribution in [2.45, 2.75) is 39.5 Å². The summed E-state index contributed by atoms with van der Waals surface area (Å²) in [5, 5.41) is 1.13. The standard InChI is InChI=1S/C20H24N2O4/c1-20(2,3)22(19(24)26-15-17-12-8-5-9-13-17)21-18(23)25-14-16-10-6-4-7-11-16/h4-13H,14-15H2,1-3H3,(H,21,23). The number of benzene rings is 2. The minimum absolute atomic E-state index is 0.115. The van der Waals surface area contributed by atoms with Gasteiger partial charge >= 0.3 is 12.2 Å². The summed E-state index contributed by atoms with van der Waals surface area (Å²) in [5.74, 6) is 0. The Bertz CT molecular complexity index is 712. The lowest BCUT2D eigenvalue weighted by Gasteiger charge is -2.33. The molecule has 26 heavy (non-hydrogen) atoms. The molecule has 6 heteroatoms. The smallest absolute Gasteiger partial charge is 0.429 e. The fourth-order valence-corrected chi connectivity index (χ4v) is 2.12. The van der Waals surface area contributed by atoms with Crippen LogP contribution in [0.5, 0.6) is 0 Å². The zero-order chi connectivity index (χ0) is 19.0. The minimum atomic E-state index is -0.722. The summed E-state index contributed by atoms with van der Waals surface area (Å²) in [6.07, 6.45) is -1.38. The molecule has 1 N–H and O–H groups in total. The Hall–Kier alpha value is -3.02. The third-order valence-corrected chi connectivity index (χ3v) is 3.47. The second kappa shape index (κ2) is 8.89. The van der Waals surface area contributed by atoms with Crippen LogP contribution < -0.4 is 5.43 Å². The summed E-state index contributed by atoms with van der Waals surface area (Å²) in [5.41, 5.74) is 3.50. The van der Waals surface area contributed by atoms with E-state index in [2.05, 4.69) is 5.43 Å². The third kappa shape index (κ3) is 6.12. The fraction of sp³-hybridized carbons (Fsp3) is 0.300. The molecule has 6 nitrogen and oxygen atoms in total. The molecule has 138 valence electrons. The second-order valence-electron chi connectivity index (χ2n) is 6.72. The van der Waals surface area contributed by atoms with E-state index in [1.807, 2.05) is 60.7 Å².